The van der Waals surface area contributed by atoms with Crippen LogP contribution >= 0.6 is 0 Å². The minimum Gasteiger partial charge on any atom is -0.366 e. The molecule has 1 saturated heterocycles. The summed E-state index contributed by atoms with van der Waals surface area (Å²) >= 11 is 0. The standard InChI is InChI=1S/C27H34N6O2/c1-3-32(4-2)27(35)20-8-10-22(11-9-20)33(24-7-5-6-21(18-24)26(28)34)23-12-16-31(17-13-23)19-25-29-14-15-30-25/h5-11,14-15,18,23H,3-4,12-13,16-17,19H2,1-2H3,(H2,28,34)(H,29,30). The third-order valence-electron chi connectivity index (χ3n) is 6.70. The number of likely N-dealkylation sites (tertiary alicyclic amines) is 1. The molecule has 1 aliphatic heterocycles. The van der Waals surface area contributed by atoms with Crippen LogP contribution in [-0.4, -0.2) is 63.8 Å². The Morgan fingerprint density at radius 2 is 1.74 bits per heavy atom. The summed E-state index contributed by atoms with van der Waals surface area (Å²) in [5.74, 6) is 0.568. The van der Waals surface area contributed by atoms with Crippen LogP contribution in [0.3, 0.4) is 0 Å². The number of piperidine rings is 1. The molecule has 1 aliphatic rings. The van der Waals surface area contributed by atoms with E-state index in [0.29, 0.717) is 24.2 Å². The first kappa shape index (κ1) is 24.5. The second kappa shape index (κ2) is 11.2. The Morgan fingerprint density at radius 1 is 1.03 bits per heavy atom. The Hall–Kier alpha value is -3.65. The number of nitrogens with two attached hydrogens (primary N) is 1. The Labute approximate surface area is 206 Å². The second-order valence-electron chi connectivity index (χ2n) is 8.85. The molecular formula is C27H34N6O2. The van der Waals surface area contributed by atoms with Crippen LogP contribution in [0.15, 0.2) is 60.9 Å². The van der Waals surface area contributed by atoms with Gasteiger partial charge in [0.25, 0.3) is 5.91 Å². The number of hydrogen-bond donors (Lipinski definition) is 2. The van der Waals surface area contributed by atoms with Crippen LogP contribution in [0.25, 0.3) is 0 Å². The summed E-state index contributed by atoms with van der Waals surface area (Å²) in [6.07, 6.45) is 5.55. The van der Waals surface area contributed by atoms with Crippen molar-refractivity contribution in [3.05, 3.63) is 77.9 Å². The van der Waals surface area contributed by atoms with Gasteiger partial charge in [0.15, 0.2) is 0 Å². The van der Waals surface area contributed by atoms with Gasteiger partial charge in [-0.1, -0.05) is 6.07 Å². The van der Waals surface area contributed by atoms with Crippen LogP contribution in [-0.2, 0) is 6.54 Å². The van der Waals surface area contributed by atoms with Gasteiger partial charge in [0.1, 0.15) is 5.82 Å². The molecule has 184 valence electrons. The van der Waals surface area contributed by atoms with Crippen LogP contribution in [0.4, 0.5) is 11.4 Å². The number of benzene rings is 2. The zero-order chi connectivity index (χ0) is 24.8. The number of H-pyrrole nitrogens is 1. The van der Waals surface area contributed by atoms with E-state index in [1.807, 2.05) is 67.4 Å². The van der Waals surface area contributed by atoms with Gasteiger partial charge < -0.3 is 20.5 Å². The molecule has 0 saturated carbocycles. The first-order valence-electron chi connectivity index (χ1n) is 12.3. The van der Waals surface area contributed by atoms with Crippen molar-refractivity contribution in [3.63, 3.8) is 0 Å². The molecule has 0 spiro atoms. The molecule has 2 amide bonds. The topological polar surface area (TPSA) is 98.6 Å². The van der Waals surface area contributed by atoms with Crippen LogP contribution in [0.2, 0.25) is 0 Å². The Morgan fingerprint density at radius 3 is 2.34 bits per heavy atom. The van der Waals surface area contributed by atoms with E-state index in [0.717, 1.165) is 49.7 Å². The van der Waals surface area contributed by atoms with Crippen LogP contribution < -0.4 is 10.6 Å². The van der Waals surface area contributed by atoms with Gasteiger partial charge in [0.2, 0.25) is 5.91 Å². The lowest BCUT2D eigenvalue weighted by Crippen LogP contribution is -2.43. The van der Waals surface area contributed by atoms with E-state index < -0.39 is 5.91 Å². The zero-order valence-electron chi connectivity index (χ0n) is 20.5. The van der Waals surface area contributed by atoms with E-state index >= 15 is 0 Å². The number of primary amides is 1. The molecule has 4 rings (SSSR count). The maximum atomic E-state index is 12.8. The predicted octanol–water partition coefficient (Wildman–Crippen LogP) is 3.79. The summed E-state index contributed by atoms with van der Waals surface area (Å²) in [7, 11) is 0. The fraction of sp³-hybridized carbons (Fsp3) is 0.370. The van der Waals surface area contributed by atoms with Crippen molar-refractivity contribution < 1.29 is 9.59 Å². The fourth-order valence-electron chi connectivity index (χ4n) is 4.77. The highest BCUT2D eigenvalue weighted by molar-refractivity contribution is 5.95. The molecule has 0 radical (unpaired) electrons. The van der Waals surface area contributed by atoms with Crippen molar-refractivity contribution in [2.45, 2.75) is 39.3 Å². The number of hydrogen-bond acceptors (Lipinski definition) is 5. The lowest BCUT2D eigenvalue weighted by atomic mass is 10.00. The van der Waals surface area contributed by atoms with Gasteiger partial charge in [0, 0.05) is 67.1 Å². The minimum absolute atomic E-state index is 0.0371. The molecular weight excluding hydrogens is 440 g/mol. The number of anilines is 2. The number of aromatic nitrogens is 2. The molecule has 0 atom stereocenters. The van der Waals surface area contributed by atoms with Gasteiger partial charge in [-0.15, -0.1) is 0 Å². The normalized spacial score (nSPS) is 14.6. The SMILES string of the molecule is CCN(CC)C(=O)c1ccc(N(c2cccc(C(N)=O)c2)C2CCN(Cc3ncc[nH]3)CC2)cc1. The number of nitrogens with one attached hydrogen (secondary N) is 1. The molecule has 1 fully saturated rings. The van der Waals surface area contributed by atoms with Crippen molar-refractivity contribution in [2.75, 3.05) is 31.1 Å². The first-order valence-corrected chi connectivity index (χ1v) is 12.3. The van der Waals surface area contributed by atoms with Crippen molar-refractivity contribution in [1.82, 2.24) is 19.8 Å². The molecule has 3 aromatic rings. The monoisotopic (exact) mass is 474 g/mol. The quantitative estimate of drug-likeness (QED) is 0.492. The molecule has 2 aromatic carbocycles. The van der Waals surface area contributed by atoms with E-state index in [9.17, 15) is 9.59 Å². The third kappa shape index (κ3) is 5.71. The largest absolute Gasteiger partial charge is 0.366 e. The Balaban J connectivity index is 1.58. The summed E-state index contributed by atoms with van der Waals surface area (Å²) < 4.78 is 0. The van der Waals surface area contributed by atoms with E-state index in [1.165, 1.54) is 0 Å². The highest BCUT2D eigenvalue weighted by Gasteiger charge is 2.27. The fourth-order valence-corrected chi connectivity index (χ4v) is 4.77. The maximum absolute atomic E-state index is 12.8. The summed E-state index contributed by atoms with van der Waals surface area (Å²) in [4.78, 5) is 38.7. The number of rotatable bonds is 9. The van der Waals surface area contributed by atoms with Gasteiger partial charge >= 0.3 is 0 Å². The van der Waals surface area contributed by atoms with E-state index in [-0.39, 0.29) is 11.9 Å². The van der Waals surface area contributed by atoms with Gasteiger partial charge in [-0.25, -0.2) is 4.98 Å². The number of carbonyl (C=O) groups is 2. The maximum Gasteiger partial charge on any atom is 0.253 e. The lowest BCUT2D eigenvalue weighted by molar-refractivity contribution is 0.0772. The number of aromatic amines is 1. The molecule has 3 N–H and O–H groups in total. The Bertz CT molecular complexity index is 1120. The summed E-state index contributed by atoms with van der Waals surface area (Å²) in [5.41, 5.74) is 8.65. The first-order chi connectivity index (χ1) is 17.0. The van der Waals surface area contributed by atoms with Gasteiger partial charge in [-0.3, -0.25) is 14.5 Å². The van der Waals surface area contributed by atoms with Crippen LogP contribution in [0.5, 0.6) is 0 Å². The average molecular weight is 475 g/mol. The summed E-state index contributed by atoms with van der Waals surface area (Å²) in [6, 6.07) is 15.5. The Kier molecular flexibility index (Phi) is 7.82. The molecule has 8 nitrogen and oxygen atoms in total. The summed E-state index contributed by atoms with van der Waals surface area (Å²) in [5, 5.41) is 0. The molecule has 0 aliphatic carbocycles. The highest BCUT2D eigenvalue weighted by Crippen LogP contribution is 2.33. The average Bonchev–Trinajstić information content (AvgIpc) is 3.39. The second-order valence-corrected chi connectivity index (χ2v) is 8.85. The van der Waals surface area contributed by atoms with E-state index in [2.05, 4.69) is 19.8 Å². The van der Waals surface area contributed by atoms with Crippen LogP contribution in [0, 0.1) is 0 Å². The van der Waals surface area contributed by atoms with E-state index in [1.54, 1.807) is 12.3 Å². The van der Waals surface area contributed by atoms with Gasteiger partial charge in [-0.05, 0) is 69.2 Å². The smallest absolute Gasteiger partial charge is 0.253 e. The van der Waals surface area contributed by atoms with Crippen LogP contribution in [0.1, 0.15) is 53.2 Å². The van der Waals surface area contributed by atoms with Crippen molar-refractivity contribution in [3.8, 4) is 0 Å². The van der Waals surface area contributed by atoms with Crippen molar-refractivity contribution >= 4 is 23.2 Å². The number of amides is 2. The molecule has 8 heteroatoms. The molecule has 0 bridgehead atoms. The zero-order valence-corrected chi connectivity index (χ0v) is 20.5. The molecule has 35 heavy (non-hydrogen) atoms. The third-order valence-corrected chi connectivity index (χ3v) is 6.70. The van der Waals surface area contributed by atoms with Gasteiger partial charge in [0.05, 0.1) is 6.54 Å². The van der Waals surface area contributed by atoms with E-state index in [4.69, 9.17) is 5.73 Å². The number of carbonyl (C=O) groups excluding carboxylic acids is 2. The molecule has 0 unspecified atom stereocenters. The molecule has 2 heterocycles. The number of nitrogens with zero attached hydrogens (tertiary/aromatic N) is 4. The molecule has 1 aromatic heterocycles. The minimum atomic E-state index is -0.444. The van der Waals surface area contributed by atoms with Gasteiger partial charge in [-0.2, -0.15) is 0 Å². The number of imidazole rings is 1. The highest BCUT2D eigenvalue weighted by atomic mass is 16.2. The summed E-state index contributed by atoms with van der Waals surface area (Å²) in [6.45, 7) is 8.02. The van der Waals surface area contributed by atoms with Crippen molar-refractivity contribution in [1.29, 1.82) is 0 Å². The predicted molar refractivity (Wildman–Crippen MR) is 138 cm³/mol. The van der Waals surface area contributed by atoms with Crippen molar-refractivity contribution in [2.24, 2.45) is 5.73 Å². The lowest BCUT2D eigenvalue weighted by Gasteiger charge is -2.40.